The van der Waals surface area contributed by atoms with Gasteiger partial charge in [0, 0.05) is 23.0 Å². The van der Waals surface area contributed by atoms with E-state index in [1.54, 1.807) is 18.2 Å². The molecule has 1 saturated heterocycles. The first-order valence-corrected chi connectivity index (χ1v) is 9.40. The standard InChI is InChI=1S/C19H14BrClN2O5/c20-14-6-3-12(9-15(14)21)22-16(24)10-28-19(27)11-1-4-13(5-2-11)23-17(25)7-8-18(23)26/h1-6,9H,7-8,10H2,(H,22,24). The first-order chi connectivity index (χ1) is 13.3. The van der Waals surface area contributed by atoms with Crippen LogP contribution in [-0.2, 0) is 19.1 Å². The van der Waals surface area contributed by atoms with Crippen molar-refractivity contribution in [3.8, 4) is 0 Å². The molecular weight excluding hydrogens is 452 g/mol. The van der Waals surface area contributed by atoms with Gasteiger partial charge in [-0.05, 0) is 58.4 Å². The van der Waals surface area contributed by atoms with Crippen LogP contribution in [-0.4, -0.2) is 30.3 Å². The van der Waals surface area contributed by atoms with Crippen molar-refractivity contribution in [1.29, 1.82) is 0 Å². The summed E-state index contributed by atoms with van der Waals surface area (Å²) in [7, 11) is 0. The highest BCUT2D eigenvalue weighted by Gasteiger charge is 2.30. The Hall–Kier alpha value is -2.71. The number of amides is 3. The van der Waals surface area contributed by atoms with Gasteiger partial charge in [-0.1, -0.05) is 11.6 Å². The average molecular weight is 466 g/mol. The molecule has 9 heteroatoms. The van der Waals surface area contributed by atoms with Crippen LogP contribution < -0.4 is 10.2 Å². The van der Waals surface area contributed by atoms with Crippen molar-refractivity contribution < 1.29 is 23.9 Å². The van der Waals surface area contributed by atoms with Gasteiger partial charge >= 0.3 is 5.97 Å². The van der Waals surface area contributed by atoms with E-state index < -0.39 is 18.5 Å². The van der Waals surface area contributed by atoms with Gasteiger partial charge in [0.1, 0.15) is 0 Å². The molecule has 1 aliphatic heterocycles. The number of ether oxygens (including phenoxy) is 1. The Kier molecular flexibility index (Phi) is 6.11. The number of carbonyl (C=O) groups is 4. The molecule has 0 radical (unpaired) electrons. The highest BCUT2D eigenvalue weighted by atomic mass is 79.9. The maximum absolute atomic E-state index is 12.1. The molecule has 2 aromatic rings. The van der Waals surface area contributed by atoms with Crippen molar-refractivity contribution in [2.24, 2.45) is 0 Å². The highest BCUT2D eigenvalue weighted by molar-refractivity contribution is 9.10. The quantitative estimate of drug-likeness (QED) is 0.538. The number of hydrogen-bond acceptors (Lipinski definition) is 5. The third kappa shape index (κ3) is 4.58. The first-order valence-electron chi connectivity index (χ1n) is 8.23. The van der Waals surface area contributed by atoms with E-state index in [2.05, 4.69) is 21.2 Å². The van der Waals surface area contributed by atoms with E-state index in [0.717, 1.165) is 4.90 Å². The second kappa shape index (κ2) is 8.53. The SMILES string of the molecule is O=C(COC(=O)c1ccc(N2C(=O)CCC2=O)cc1)Nc1ccc(Br)c(Cl)c1. The van der Waals surface area contributed by atoms with Crippen LogP contribution >= 0.6 is 27.5 Å². The Morgan fingerprint density at radius 1 is 1.07 bits per heavy atom. The van der Waals surface area contributed by atoms with Crippen molar-refractivity contribution in [3.05, 3.63) is 57.5 Å². The summed E-state index contributed by atoms with van der Waals surface area (Å²) in [6.07, 6.45) is 0.364. The molecule has 0 saturated carbocycles. The minimum Gasteiger partial charge on any atom is -0.452 e. The van der Waals surface area contributed by atoms with Crippen molar-refractivity contribution >= 4 is 62.6 Å². The molecule has 0 atom stereocenters. The van der Waals surface area contributed by atoms with Crippen molar-refractivity contribution in [2.45, 2.75) is 12.8 Å². The predicted octanol–water partition coefficient (Wildman–Crippen LogP) is 3.55. The summed E-state index contributed by atoms with van der Waals surface area (Å²) < 4.78 is 5.68. The zero-order chi connectivity index (χ0) is 20.3. The molecule has 3 rings (SSSR count). The second-order valence-corrected chi connectivity index (χ2v) is 7.18. The lowest BCUT2D eigenvalue weighted by atomic mass is 10.2. The number of halogens is 2. The van der Waals surface area contributed by atoms with E-state index in [0.29, 0.717) is 20.9 Å². The van der Waals surface area contributed by atoms with Crippen LogP contribution in [0.3, 0.4) is 0 Å². The summed E-state index contributed by atoms with van der Waals surface area (Å²) in [6.45, 7) is -0.475. The lowest BCUT2D eigenvalue weighted by molar-refractivity contribution is -0.121. The van der Waals surface area contributed by atoms with Gasteiger partial charge in [0.15, 0.2) is 6.61 Å². The summed E-state index contributed by atoms with van der Waals surface area (Å²) in [4.78, 5) is 48.6. The third-order valence-electron chi connectivity index (χ3n) is 3.95. The average Bonchev–Trinajstić information content (AvgIpc) is 3.01. The fraction of sp³-hybridized carbons (Fsp3) is 0.158. The number of anilines is 2. The first kappa shape index (κ1) is 20.0. The van der Waals surface area contributed by atoms with Gasteiger partial charge in [-0.15, -0.1) is 0 Å². The van der Waals surface area contributed by atoms with Crippen molar-refractivity contribution in [1.82, 2.24) is 0 Å². The van der Waals surface area contributed by atoms with Crippen LogP contribution in [0.5, 0.6) is 0 Å². The molecule has 0 spiro atoms. The number of rotatable bonds is 5. The third-order valence-corrected chi connectivity index (χ3v) is 5.18. The number of imide groups is 1. The summed E-state index contributed by atoms with van der Waals surface area (Å²) >= 11 is 9.20. The van der Waals surface area contributed by atoms with Crippen LogP contribution in [0.15, 0.2) is 46.9 Å². The molecule has 0 aliphatic carbocycles. The van der Waals surface area contributed by atoms with E-state index in [-0.39, 0.29) is 30.2 Å². The highest BCUT2D eigenvalue weighted by Crippen LogP contribution is 2.25. The molecule has 3 amide bonds. The van der Waals surface area contributed by atoms with Gasteiger partial charge in [0.2, 0.25) is 11.8 Å². The largest absolute Gasteiger partial charge is 0.452 e. The van der Waals surface area contributed by atoms with E-state index in [9.17, 15) is 19.2 Å². The molecule has 1 heterocycles. The fourth-order valence-electron chi connectivity index (χ4n) is 2.60. The molecule has 7 nitrogen and oxygen atoms in total. The molecule has 0 bridgehead atoms. The zero-order valence-electron chi connectivity index (χ0n) is 14.4. The van der Waals surface area contributed by atoms with Gasteiger partial charge < -0.3 is 10.1 Å². The number of nitrogens with one attached hydrogen (secondary N) is 1. The fourth-order valence-corrected chi connectivity index (χ4v) is 3.02. The normalized spacial score (nSPS) is 13.6. The molecule has 2 aromatic carbocycles. The van der Waals surface area contributed by atoms with Crippen LogP contribution in [0.4, 0.5) is 11.4 Å². The van der Waals surface area contributed by atoms with E-state index in [1.165, 1.54) is 24.3 Å². The second-order valence-electron chi connectivity index (χ2n) is 5.92. The molecular formula is C19H14BrClN2O5. The van der Waals surface area contributed by atoms with Gasteiger partial charge in [-0.2, -0.15) is 0 Å². The van der Waals surface area contributed by atoms with Crippen molar-refractivity contribution in [2.75, 3.05) is 16.8 Å². The molecule has 144 valence electrons. The lowest BCUT2D eigenvalue weighted by Crippen LogP contribution is -2.28. The Bertz CT molecular complexity index is 945. The van der Waals surface area contributed by atoms with Crippen molar-refractivity contribution in [3.63, 3.8) is 0 Å². The van der Waals surface area contributed by atoms with Gasteiger partial charge in [-0.3, -0.25) is 19.3 Å². The van der Waals surface area contributed by atoms with Gasteiger partial charge in [0.05, 0.1) is 16.3 Å². The number of hydrogen-bond donors (Lipinski definition) is 1. The maximum Gasteiger partial charge on any atom is 0.338 e. The van der Waals surface area contributed by atoms with E-state index in [1.807, 2.05) is 0 Å². The van der Waals surface area contributed by atoms with E-state index >= 15 is 0 Å². The molecule has 1 N–H and O–H groups in total. The summed E-state index contributed by atoms with van der Waals surface area (Å²) in [6, 6.07) is 10.7. The van der Waals surface area contributed by atoms with Gasteiger partial charge in [-0.25, -0.2) is 4.79 Å². The number of carbonyl (C=O) groups excluding carboxylic acids is 4. The molecule has 1 fully saturated rings. The monoisotopic (exact) mass is 464 g/mol. The Labute approximate surface area is 173 Å². The van der Waals surface area contributed by atoms with Crippen LogP contribution in [0, 0.1) is 0 Å². The van der Waals surface area contributed by atoms with Crippen LogP contribution in [0.25, 0.3) is 0 Å². The minimum absolute atomic E-state index is 0.182. The molecule has 1 aliphatic rings. The Balaban J connectivity index is 1.55. The zero-order valence-corrected chi connectivity index (χ0v) is 16.7. The van der Waals surface area contributed by atoms with E-state index in [4.69, 9.17) is 16.3 Å². The smallest absolute Gasteiger partial charge is 0.338 e. The number of esters is 1. The molecule has 0 unspecified atom stereocenters. The lowest BCUT2D eigenvalue weighted by Gasteiger charge is -2.14. The summed E-state index contributed by atoms with van der Waals surface area (Å²) in [5.41, 5.74) is 1.06. The van der Waals surface area contributed by atoms with Gasteiger partial charge in [0.25, 0.3) is 5.91 Å². The van der Waals surface area contributed by atoms with Crippen LogP contribution in [0.2, 0.25) is 5.02 Å². The minimum atomic E-state index is -0.699. The molecule has 28 heavy (non-hydrogen) atoms. The van der Waals surface area contributed by atoms with Crippen LogP contribution in [0.1, 0.15) is 23.2 Å². The topological polar surface area (TPSA) is 92.8 Å². The maximum atomic E-state index is 12.1. The predicted molar refractivity (Wildman–Crippen MR) is 106 cm³/mol. The Morgan fingerprint density at radius 2 is 1.71 bits per heavy atom. The summed E-state index contributed by atoms with van der Waals surface area (Å²) in [5, 5.41) is 3.00. The summed E-state index contributed by atoms with van der Waals surface area (Å²) in [5.74, 6) is -1.76. The Morgan fingerprint density at radius 3 is 2.32 bits per heavy atom. The number of benzene rings is 2. The number of nitrogens with zero attached hydrogens (tertiary/aromatic N) is 1. The molecule has 0 aromatic heterocycles.